The molecule has 0 spiro atoms. The van der Waals surface area contributed by atoms with Crippen LogP contribution >= 0.6 is 11.3 Å². The van der Waals surface area contributed by atoms with Crippen LogP contribution in [0.4, 0.5) is 0 Å². The van der Waals surface area contributed by atoms with Gasteiger partial charge in [-0.2, -0.15) is 5.10 Å². The molecule has 0 unspecified atom stereocenters. The maximum Gasteiger partial charge on any atom is 0.222 e. The van der Waals surface area contributed by atoms with Crippen LogP contribution in [0.2, 0.25) is 0 Å². The lowest BCUT2D eigenvalue weighted by Gasteiger charge is -2.21. The summed E-state index contributed by atoms with van der Waals surface area (Å²) in [5.74, 6) is 0.272. The quantitative estimate of drug-likeness (QED) is 0.804. The van der Waals surface area contributed by atoms with E-state index in [-0.39, 0.29) is 5.91 Å². The Morgan fingerprint density at radius 3 is 2.96 bits per heavy atom. The molecule has 1 aliphatic rings. The van der Waals surface area contributed by atoms with Crippen molar-refractivity contribution in [3.05, 3.63) is 34.5 Å². The fourth-order valence-corrected chi connectivity index (χ4v) is 3.68. The first-order valence-corrected chi connectivity index (χ1v) is 9.47. The Morgan fingerprint density at radius 1 is 1.29 bits per heavy atom. The summed E-state index contributed by atoms with van der Waals surface area (Å²) in [5.41, 5.74) is 1.15. The zero-order valence-electron chi connectivity index (χ0n) is 14.2. The van der Waals surface area contributed by atoms with Gasteiger partial charge >= 0.3 is 0 Å². The molecule has 1 amide bonds. The second-order valence-corrected chi connectivity index (χ2v) is 7.30. The van der Waals surface area contributed by atoms with Crippen LogP contribution in [-0.4, -0.2) is 56.7 Å². The van der Waals surface area contributed by atoms with E-state index in [0.717, 1.165) is 62.8 Å². The van der Waals surface area contributed by atoms with Crippen LogP contribution in [0.1, 0.15) is 30.0 Å². The maximum absolute atomic E-state index is 12.4. The van der Waals surface area contributed by atoms with E-state index in [2.05, 4.69) is 20.4 Å². The third-order valence-corrected chi connectivity index (χ3v) is 5.15. The highest BCUT2D eigenvalue weighted by Gasteiger charge is 2.19. The lowest BCUT2D eigenvalue weighted by molar-refractivity contribution is -0.131. The van der Waals surface area contributed by atoms with Gasteiger partial charge in [0.15, 0.2) is 0 Å². The molecule has 0 saturated carbocycles. The Labute approximate surface area is 147 Å². The van der Waals surface area contributed by atoms with Gasteiger partial charge in [-0.1, -0.05) is 0 Å². The average molecular weight is 347 g/mol. The molecule has 0 N–H and O–H groups in total. The topological polar surface area (TPSA) is 54.3 Å². The van der Waals surface area contributed by atoms with Gasteiger partial charge in [0.05, 0.1) is 10.7 Å². The zero-order chi connectivity index (χ0) is 16.8. The normalized spacial score (nSPS) is 16.3. The van der Waals surface area contributed by atoms with Crippen molar-refractivity contribution in [1.82, 2.24) is 24.6 Å². The number of rotatable bonds is 6. The summed E-state index contributed by atoms with van der Waals surface area (Å²) >= 11 is 1.70. The summed E-state index contributed by atoms with van der Waals surface area (Å²) in [5, 5.41) is 7.43. The van der Waals surface area contributed by atoms with E-state index >= 15 is 0 Å². The predicted octanol–water partition coefficient (Wildman–Crippen LogP) is 2.16. The van der Waals surface area contributed by atoms with Gasteiger partial charge in [0.2, 0.25) is 5.91 Å². The van der Waals surface area contributed by atoms with Gasteiger partial charge in [-0.3, -0.25) is 14.4 Å². The van der Waals surface area contributed by atoms with Crippen LogP contribution in [0, 0.1) is 6.92 Å². The van der Waals surface area contributed by atoms with Crippen molar-refractivity contribution in [3.63, 3.8) is 0 Å². The number of carbonyl (C=O) groups excluding carboxylic acids is 1. The molecular formula is C17H25N5OS. The first kappa shape index (κ1) is 17.1. The molecule has 0 atom stereocenters. The molecule has 0 aromatic carbocycles. The third kappa shape index (κ3) is 4.88. The molecule has 1 aliphatic heterocycles. The van der Waals surface area contributed by atoms with Gasteiger partial charge in [0.25, 0.3) is 0 Å². The van der Waals surface area contributed by atoms with Gasteiger partial charge in [0.1, 0.15) is 0 Å². The zero-order valence-corrected chi connectivity index (χ0v) is 15.0. The Bertz CT molecular complexity index is 639. The van der Waals surface area contributed by atoms with Crippen molar-refractivity contribution in [2.24, 2.45) is 0 Å². The number of thiazole rings is 1. The molecule has 3 heterocycles. The van der Waals surface area contributed by atoms with E-state index in [1.165, 1.54) is 0 Å². The third-order valence-electron chi connectivity index (χ3n) is 4.33. The fraction of sp³-hybridized carbons (Fsp3) is 0.588. The Morgan fingerprint density at radius 2 is 2.21 bits per heavy atom. The maximum atomic E-state index is 12.4. The number of nitrogens with zero attached hydrogens (tertiary/aromatic N) is 5. The van der Waals surface area contributed by atoms with Crippen molar-refractivity contribution in [2.45, 2.75) is 39.3 Å². The second kappa shape index (κ2) is 8.39. The first-order valence-electron chi connectivity index (χ1n) is 8.59. The molecule has 2 aromatic rings. The van der Waals surface area contributed by atoms with E-state index in [1.54, 1.807) is 17.5 Å². The molecule has 0 aliphatic carbocycles. The molecule has 2 aromatic heterocycles. The van der Waals surface area contributed by atoms with Crippen LogP contribution in [0.3, 0.4) is 0 Å². The van der Waals surface area contributed by atoms with Gasteiger partial charge in [-0.15, -0.1) is 11.3 Å². The lowest BCUT2D eigenvalue weighted by Crippen LogP contribution is -2.35. The highest BCUT2D eigenvalue weighted by molar-refractivity contribution is 7.09. The minimum Gasteiger partial charge on any atom is -0.341 e. The number of carbonyl (C=O) groups is 1. The minimum absolute atomic E-state index is 0.272. The van der Waals surface area contributed by atoms with Gasteiger partial charge < -0.3 is 4.90 Å². The van der Waals surface area contributed by atoms with Crippen molar-refractivity contribution in [1.29, 1.82) is 0 Å². The van der Waals surface area contributed by atoms with Crippen LogP contribution in [0.5, 0.6) is 0 Å². The molecule has 130 valence electrons. The summed E-state index contributed by atoms with van der Waals surface area (Å²) in [6.45, 7) is 7.40. The van der Waals surface area contributed by atoms with E-state index < -0.39 is 0 Å². The highest BCUT2D eigenvalue weighted by atomic mass is 32.1. The van der Waals surface area contributed by atoms with Crippen LogP contribution in [0.15, 0.2) is 23.8 Å². The smallest absolute Gasteiger partial charge is 0.222 e. The van der Waals surface area contributed by atoms with Gasteiger partial charge in [-0.25, -0.2) is 4.98 Å². The van der Waals surface area contributed by atoms with Crippen molar-refractivity contribution in [2.75, 3.05) is 26.2 Å². The lowest BCUT2D eigenvalue weighted by atomic mass is 10.2. The molecule has 7 heteroatoms. The Hall–Kier alpha value is -1.73. The summed E-state index contributed by atoms with van der Waals surface area (Å²) in [6.07, 6.45) is 6.20. The van der Waals surface area contributed by atoms with E-state index in [0.29, 0.717) is 6.42 Å². The average Bonchev–Trinajstić information content (AvgIpc) is 3.15. The number of aromatic nitrogens is 3. The molecular weight excluding hydrogens is 322 g/mol. The summed E-state index contributed by atoms with van der Waals surface area (Å²) < 4.78 is 1.88. The number of amides is 1. The van der Waals surface area contributed by atoms with Crippen LogP contribution < -0.4 is 0 Å². The highest BCUT2D eigenvalue weighted by Crippen LogP contribution is 2.13. The van der Waals surface area contributed by atoms with Crippen LogP contribution in [-0.2, 0) is 17.9 Å². The summed E-state index contributed by atoms with van der Waals surface area (Å²) in [6, 6.07) is 1.91. The van der Waals surface area contributed by atoms with Gasteiger partial charge in [0, 0.05) is 63.5 Å². The summed E-state index contributed by atoms with van der Waals surface area (Å²) in [4.78, 5) is 21.4. The standard InChI is InChI=1S/C17H25N5OS/c1-15-19-16(14-24-15)13-20-7-4-8-21(12-11-20)17(23)5-2-9-22-10-3-6-18-22/h3,6,10,14H,2,4-5,7-9,11-13H2,1H3. The Balaban J connectivity index is 1.41. The van der Waals surface area contributed by atoms with E-state index in [1.807, 2.05) is 28.8 Å². The molecule has 1 fully saturated rings. The van der Waals surface area contributed by atoms with Crippen molar-refractivity contribution in [3.8, 4) is 0 Å². The van der Waals surface area contributed by atoms with Crippen LogP contribution in [0.25, 0.3) is 0 Å². The molecule has 3 rings (SSSR count). The fourth-order valence-electron chi connectivity index (χ4n) is 3.07. The molecule has 0 radical (unpaired) electrons. The second-order valence-electron chi connectivity index (χ2n) is 6.24. The number of aryl methyl sites for hydroxylation is 2. The molecule has 0 bridgehead atoms. The summed E-state index contributed by atoms with van der Waals surface area (Å²) in [7, 11) is 0. The largest absolute Gasteiger partial charge is 0.341 e. The molecule has 24 heavy (non-hydrogen) atoms. The number of hydrogen-bond donors (Lipinski definition) is 0. The predicted molar refractivity (Wildman–Crippen MR) is 94.8 cm³/mol. The monoisotopic (exact) mass is 347 g/mol. The minimum atomic E-state index is 0.272. The van der Waals surface area contributed by atoms with E-state index in [9.17, 15) is 4.79 Å². The SMILES string of the molecule is Cc1nc(CN2CCCN(C(=O)CCCn3cccn3)CC2)cs1. The van der Waals surface area contributed by atoms with Crippen molar-refractivity contribution >= 4 is 17.2 Å². The van der Waals surface area contributed by atoms with Crippen molar-refractivity contribution < 1.29 is 4.79 Å². The van der Waals surface area contributed by atoms with E-state index in [4.69, 9.17) is 0 Å². The Kier molecular flexibility index (Phi) is 5.98. The first-order chi connectivity index (χ1) is 11.7. The van der Waals surface area contributed by atoms with Gasteiger partial charge in [-0.05, 0) is 25.8 Å². The molecule has 6 nitrogen and oxygen atoms in total. The molecule has 1 saturated heterocycles. The number of hydrogen-bond acceptors (Lipinski definition) is 5.